The molecule has 1 atom stereocenters. The molecule has 4 N–H and O–H groups in total. The van der Waals surface area contributed by atoms with Gasteiger partial charge in [0.05, 0.1) is 21.2 Å². The van der Waals surface area contributed by atoms with Gasteiger partial charge in [-0.05, 0) is 43.2 Å². The molecule has 10 heteroatoms. The predicted octanol–water partition coefficient (Wildman–Crippen LogP) is 4.33. The van der Waals surface area contributed by atoms with Gasteiger partial charge in [-0.3, -0.25) is 9.59 Å². The first-order chi connectivity index (χ1) is 14.8. The van der Waals surface area contributed by atoms with E-state index in [0.29, 0.717) is 35.2 Å². The second-order valence-electron chi connectivity index (χ2n) is 8.37. The Kier molecular flexibility index (Phi) is 6.91. The molecule has 0 spiro atoms. The molecular formula is C21H27Cl2N5O2S. The van der Waals surface area contributed by atoms with Crippen molar-refractivity contribution in [1.29, 1.82) is 0 Å². The summed E-state index contributed by atoms with van der Waals surface area (Å²) in [6.07, 6.45) is 3.78. The summed E-state index contributed by atoms with van der Waals surface area (Å²) >= 11 is 14.8. The zero-order valence-corrected chi connectivity index (χ0v) is 19.8. The monoisotopic (exact) mass is 483 g/mol. The number of nitrogens with zero attached hydrogens (tertiary/aromatic N) is 2. The topological polar surface area (TPSA) is 94.5 Å². The van der Waals surface area contributed by atoms with Crippen LogP contribution in [0.15, 0.2) is 6.07 Å². The van der Waals surface area contributed by atoms with E-state index in [2.05, 4.69) is 14.0 Å². The van der Waals surface area contributed by atoms with E-state index in [-0.39, 0.29) is 11.8 Å². The molecular weight excluding hydrogens is 457 g/mol. The molecule has 1 aromatic carbocycles. The Balaban J connectivity index is 1.50. The van der Waals surface area contributed by atoms with Gasteiger partial charge in [0.25, 0.3) is 0 Å². The Morgan fingerprint density at radius 1 is 1.35 bits per heavy atom. The minimum absolute atomic E-state index is 0.156. The second kappa shape index (κ2) is 9.48. The number of nitrogens with two attached hydrogens (primary N) is 1. The van der Waals surface area contributed by atoms with Crippen LogP contribution in [0.1, 0.15) is 43.9 Å². The van der Waals surface area contributed by atoms with Crippen molar-refractivity contribution >= 4 is 63.7 Å². The highest BCUT2D eigenvalue weighted by molar-refractivity contribution is 7.98. The van der Waals surface area contributed by atoms with Crippen molar-refractivity contribution < 1.29 is 9.59 Å². The normalized spacial score (nSPS) is 19.3. The number of aryl methyl sites for hydroxylation is 1. The maximum atomic E-state index is 11.7. The zero-order chi connectivity index (χ0) is 22.1. The number of amides is 2. The highest BCUT2D eigenvalue weighted by atomic mass is 35.5. The maximum Gasteiger partial charge on any atom is 0.219 e. The first kappa shape index (κ1) is 22.6. The number of aromatic nitrogens is 1. The molecule has 2 aliphatic rings. The number of piperidine rings is 1. The average Bonchev–Trinajstić information content (AvgIpc) is 3.05. The molecule has 0 radical (unpaired) electrons. The summed E-state index contributed by atoms with van der Waals surface area (Å²) in [7, 11) is 0. The highest BCUT2D eigenvalue weighted by Gasteiger charge is 2.28. The SMILES string of the molecule is CC(=O)N1CCCC(CN2Cc3cc(Cl)c4c(Cl)c(CCCC(N)=O)[nH]c4c3NS2)C1. The van der Waals surface area contributed by atoms with Crippen molar-refractivity contribution in [2.75, 3.05) is 24.4 Å². The van der Waals surface area contributed by atoms with E-state index in [1.807, 2.05) is 11.0 Å². The number of rotatable bonds is 6. The van der Waals surface area contributed by atoms with Gasteiger partial charge >= 0.3 is 0 Å². The predicted molar refractivity (Wildman–Crippen MR) is 127 cm³/mol. The van der Waals surface area contributed by atoms with Gasteiger partial charge in [0, 0.05) is 62.7 Å². The summed E-state index contributed by atoms with van der Waals surface area (Å²) in [5.74, 6) is 0.304. The number of aromatic amines is 1. The van der Waals surface area contributed by atoms with Crippen LogP contribution in [0.2, 0.25) is 10.0 Å². The van der Waals surface area contributed by atoms with E-state index in [4.69, 9.17) is 28.9 Å². The van der Waals surface area contributed by atoms with Crippen LogP contribution in [-0.2, 0) is 22.6 Å². The van der Waals surface area contributed by atoms with Gasteiger partial charge in [-0.2, -0.15) is 0 Å². The Hall–Kier alpha value is -1.61. The van der Waals surface area contributed by atoms with Crippen LogP contribution < -0.4 is 10.5 Å². The molecule has 2 amide bonds. The lowest BCUT2D eigenvalue weighted by atomic mass is 9.97. The van der Waals surface area contributed by atoms with E-state index in [0.717, 1.165) is 66.9 Å². The fourth-order valence-corrected chi connectivity index (χ4v) is 6.12. The molecule has 0 aliphatic carbocycles. The average molecular weight is 484 g/mol. The number of benzene rings is 1. The fourth-order valence-electron chi connectivity index (χ4n) is 4.47. The van der Waals surface area contributed by atoms with Gasteiger partial charge in [0.15, 0.2) is 0 Å². The van der Waals surface area contributed by atoms with E-state index >= 15 is 0 Å². The number of fused-ring (bicyclic) bond motifs is 3. The summed E-state index contributed by atoms with van der Waals surface area (Å²) in [6.45, 7) is 4.99. The molecule has 7 nitrogen and oxygen atoms in total. The van der Waals surface area contributed by atoms with Crippen LogP contribution in [0.3, 0.4) is 0 Å². The van der Waals surface area contributed by atoms with Gasteiger partial charge in [-0.1, -0.05) is 23.2 Å². The number of likely N-dealkylation sites (tertiary alicyclic amines) is 1. The van der Waals surface area contributed by atoms with Gasteiger partial charge in [-0.25, -0.2) is 4.31 Å². The summed E-state index contributed by atoms with van der Waals surface area (Å²) in [5.41, 5.74) is 9.12. The summed E-state index contributed by atoms with van der Waals surface area (Å²) in [6, 6.07) is 1.98. The van der Waals surface area contributed by atoms with Gasteiger partial charge in [0.1, 0.15) is 0 Å². The molecule has 1 unspecified atom stereocenters. The van der Waals surface area contributed by atoms with Crippen LogP contribution in [0.25, 0.3) is 10.9 Å². The van der Waals surface area contributed by atoms with E-state index in [1.54, 1.807) is 19.1 Å². The lowest BCUT2D eigenvalue weighted by Crippen LogP contribution is -2.42. The van der Waals surface area contributed by atoms with Crippen molar-refractivity contribution in [3.8, 4) is 0 Å². The zero-order valence-electron chi connectivity index (χ0n) is 17.5. The number of carbonyl (C=O) groups excluding carboxylic acids is 2. The molecule has 2 aromatic rings. The number of H-pyrrole nitrogens is 1. The third-order valence-corrected chi connectivity index (χ3v) is 7.57. The summed E-state index contributed by atoms with van der Waals surface area (Å²) in [4.78, 5) is 28.1. The number of anilines is 1. The van der Waals surface area contributed by atoms with E-state index in [9.17, 15) is 9.59 Å². The standard InChI is InChI=1S/C21H27Cl2N5O2S/c1-12(29)27-7-3-4-13(9-27)10-28-11-14-8-15(22)18-19(23)16(5-2-6-17(24)30)25-21(18)20(14)26-31-28/h8,13,25-26H,2-7,9-11H2,1H3,(H2,24,30). The first-order valence-electron chi connectivity index (χ1n) is 10.6. The molecule has 1 aromatic heterocycles. The summed E-state index contributed by atoms with van der Waals surface area (Å²) in [5, 5.41) is 2.03. The second-order valence-corrected chi connectivity index (χ2v) is 10.1. The van der Waals surface area contributed by atoms with Crippen molar-refractivity contribution in [3.63, 3.8) is 0 Å². The largest absolute Gasteiger partial charge is 0.370 e. The Bertz CT molecular complexity index is 1010. The van der Waals surface area contributed by atoms with Crippen LogP contribution in [0.4, 0.5) is 5.69 Å². The summed E-state index contributed by atoms with van der Waals surface area (Å²) < 4.78 is 5.75. The van der Waals surface area contributed by atoms with Gasteiger partial charge in [0.2, 0.25) is 11.8 Å². The minimum Gasteiger partial charge on any atom is -0.370 e. The molecule has 1 saturated heterocycles. The smallest absolute Gasteiger partial charge is 0.219 e. The number of hydrogen-bond acceptors (Lipinski definition) is 5. The number of halogens is 2. The van der Waals surface area contributed by atoms with Crippen LogP contribution in [-0.4, -0.2) is 45.6 Å². The number of hydrogen-bond donors (Lipinski definition) is 3. The first-order valence-corrected chi connectivity index (χ1v) is 12.1. The number of nitrogens with one attached hydrogen (secondary N) is 2. The third-order valence-electron chi connectivity index (χ3n) is 6.02. The van der Waals surface area contributed by atoms with Crippen molar-refractivity contribution in [2.45, 2.75) is 45.6 Å². The minimum atomic E-state index is -0.315. The lowest BCUT2D eigenvalue weighted by Gasteiger charge is -2.36. The van der Waals surface area contributed by atoms with E-state index < -0.39 is 0 Å². The molecule has 1 fully saturated rings. The van der Waals surface area contributed by atoms with E-state index in [1.165, 1.54) is 0 Å². The molecule has 31 heavy (non-hydrogen) atoms. The molecule has 3 heterocycles. The van der Waals surface area contributed by atoms with Crippen molar-refractivity contribution in [3.05, 3.63) is 27.4 Å². The molecule has 2 aliphatic heterocycles. The molecule has 168 valence electrons. The van der Waals surface area contributed by atoms with Crippen molar-refractivity contribution in [1.82, 2.24) is 14.2 Å². The Labute approximate surface area is 196 Å². The highest BCUT2D eigenvalue weighted by Crippen LogP contribution is 2.43. The maximum absolute atomic E-state index is 11.7. The van der Waals surface area contributed by atoms with Gasteiger partial charge < -0.3 is 20.3 Å². The fraction of sp³-hybridized carbons (Fsp3) is 0.524. The molecule has 0 saturated carbocycles. The van der Waals surface area contributed by atoms with Crippen LogP contribution >= 0.6 is 35.3 Å². The number of carbonyl (C=O) groups is 2. The molecule has 4 rings (SSSR count). The van der Waals surface area contributed by atoms with Crippen LogP contribution in [0.5, 0.6) is 0 Å². The third kappa shape index (κ3) is 4.92. The Morgan fingerprint density at radius 2 is 2.16 bits per heavy atom. The quantitative estimate of drug-likeness (QED) is 0.531. The van der Waals surface area contributed by atoms with Crippen molar-refractivity contribution in [2.24, 2.45) is 11.7 Å². The molecule has 0 bridgehead atoms. The Morgan fingerprint density at radius 3 is 2.90 bits per heavy atom. The lowest BCUT2D eigenvalue weighted by molar-refractivity contribution is -0.130. The van der Waals surface area contributed by atoms with Gasteiger partial charge in [-0.15, -0.1) is 0 Å². The van der Waals surface area contributed by atoms with Crippen LogP contribution in [0, 0.1) is 5.92 Å². The number of primary amides is 1.